The maximum atomic E-state index is 10.9. The van der Waals surface area contributed by atoms with E-state index in [-0.39, 0.29) is 4.90 Å². The second-order valence-electron chi connectivity index (χ2n) is 3.73. The van der Waals surface area contributed by atoms with Gasteiger partial charge in [0.2, 0.25) is 0 Å². The van der Waals surface area contributed by atoms with Gasteiger partial charge in [0, 0.05) is 10.7 Å². The normalized spacial score (nSPS) is 16.9. The molecule has 0 aliphatic heterocycles. The second kappa shape index (κ2) is 3.55. The Kier molecular flexibility index (Phi) is 2.54. The minimum Gasteiger partial charge on any atom is -0.207 e. The van der Waals surface area contributed by atoms with Crippen molar-refractivity contribution in [3.63, 3.8) is 0 Å². The van der Waals surface area contributed by atoms with Crippen molar-refractivity contribution in [3.05, 3.63) is 29.8 Å². The van der Waals surface area contributed by atoms with Crippen LogP contribution in [-0.4, -0.2) is 8.42 Å². The Morgan fingerprint density at radius 3 is 2.21 bits per heavy atom. The Morgan fingerprint density at radius 2 is 1.79 bits per heavy atom. The molecule has 0 radical (unpaired) electrons. The smallest absolute Gasteiger partial charge is 0.207 e. The van der Waals surface area contributed by atoms with Gasteiger partial charge >= 0.3 is 0 Å². The van der Waals surface area contributed by atoms with Gasteiger partial charge in [0.05, 0.1) is 4.90 Å². The first-order valence-electron chi connectivity index (χ1n) is 4.59. The molecule has 1 aromatic rings. The van der Waals surface area contributed by atoms with Crippen LogP contribution >= 0.6 is 10.7 Å². The van der Waals surface area contributed by atoms with Gasteiger partial charge in [-0.05, 0) is 42.9 Å². The van der Waals surface area contributed by atoms with Gasteiger partial charge in [-0.15, -0.1) is 0 Å². The summed E-state index contributed by atoms with van der Waals surface area (Å²) in [6.45, 7) is 0. The molecule has 0 heterocycles. The highest BCUT2D eigenvalue weighted by atomic mass is 35.7. The van der Waals surface area contributed by atoms with Crippen molar-refractivity contribution in [1.29, 1.82) is 0 Å². The highest BCUT2D eigenvalue weighted by Gasteiger charge is 2.21. The minimum atomic E-state index is -3.56. The van der Waals surface area contributed by atoms with Gasteiger partial charge in [-0.2, -0.15) is 0 Å². The zero-order valence-corrected chi connectivity index (χ0v) is 9.18. The summed E-state index contributed by atoms with van der Waals surface area (Å²) in [6.07, 6.45) is 3.66. The Balaban J connectivity index is 2.16. The standard InChI is InChI=1S/C10H11ClO2S/c11-14(12,13)10-5-3-9(4-6-10)7-8-1-2-8/h3-6,8H,1-2,7H2. The van der Waals surface area contributed by atoms with Crippen LogP contribution in [-0.2, 0) is 15.5 Å². The van der Waals surface area contributed by atoms with Gasteiger partial charge in [-0.3, -0.25) is 0 Å². The molecular weight excluding hydrogens is 220 g/mol. The number of hydrogen-bond acceptors (Lipinski definition) is 2. The summed E-state index contributed by atoms with van der Waals surface area (Å²) in [5.41, 5.74) is 1.19. The topological polar surface area (TPSA) is 34.1 Å². The zero-order chi connectivity index (χ0) is 10.2. The number of rotatable bonds is 3. The average Bonchev–Trinajstić information content (AvgIpc) is 2.88. The molecule has 0 saturated heterocycles. The van der Waals surface area contributed by atoms with Gasteiger partial charge in [0.25, 0.3) is 9.05 Å². The molecular formula is C10H11ClO2S. The van der Waals surface area contributed by atoms with Crippen molar-refractivity contribution >= 4 is 19.7 Å². The second-order valence-corrected chi connectivity index (χ2v) is 6.30. The van der Waals surface area contributed by atoms with Crippen molar-refractivity contribution < 1.29 is 8.42 Å². The molecule has 1 fully saturated rings. The molecule has 1 aliphatic carbocycles. The van der Waals surface area contributed by atoms with E-state index in [1.165, 1.54) is 18.4 Å². The molecule has 0 atom stereocenters. The Hall–Kier alpha value is -0.540. The van der Waals surface area contributed by atoms with E-state index >= 15 is 0 Å². The predicted molar refractivity (Wildman–Crippen MR) is 55.9 cm³/mol. The van der Waals surface area contributed by atoms with Gasteiger partial charge in [-0.25, -0.2) is 8.42 Å². The largest absolute Gasteiger partial charge is 0.261 e. The molecule has 1 aliphatic rings. The van der Waals surface area contributed by atoms with E-state index in [0.29, 0.717) is 0 Å². The molecule has 0 bridgehead atoms. The van der Waals surface area contributed by atoms with Gasteiger partial charge < -0.3 is 0 Å². The molecule has 0 unspecified atom stereocenters. The van der Waals surface area contributed by atoms with Crippen LogP contribution in [0.3, 0.4) is 0 Å². The van der Waals surface area contributed by atoms with Crippen LogP contribution in [0.1, 0.15) is 18.4 Å². The fourth-order valence-electron chi connectivity index (χ4n) is 1.44. The molecule has 4 heteroatoms. The summed E-state index contributed by atoms with van der Waals surface area (Å²) in [6, 6.07) is 6.82. The van der Waals surface area contributed by atoms with Gasteiger partial charge in [0.1, 0.15) is 0 Å². The predicted octanol–water partition coefficient (Wildman–Crippen LogP) is 2.57. The molecule has 0 N–H and O–H groups in total. The number of halogens is 1. The fraction of sp³-hybridized carbons (Fsp3) is 0.400. The lowest BCUT2D eigenvalue weighted by Gasteiger charge is -2.00. The highest BCUT2D eigenvalue weighted by Crippen LogP contribution is 2.32. The first-order chi connectivity index (χ1) is 6.55. The maximum absolute atomic E-state index is 10.9. The molecule has 14 heavy (non-hydrogen) atoms. The van der Waals surface area contributed by atoms with Crippen LogP contribution < -0.4 is 0 Å². The average molecular weight is 231 g/mol. The summed E-state index contributed by atoms with van der Waals surface area (Å²) in [7, 11) is 1.64. The van der Waals surface area contributed by atoms with Crippen LogP contribution in [0, 0.1) is 5.92 Å². The molecule has 76 valence electrons. The van der Waals surface area contributed by atoms with Crippen LogP contribution in [0.5, 0.6) is 0 Å². The van der Waals surface area contributed by atoms with E-state index in [0.717, 1.165) is 12.3 Å². The molecule has 2 nitrogen and oxygen atoms in total. The van der Waals surface area contributed by atoms with Crippen LogP contribution in [0.2, 0.25) is 0 Å². The summed E-state index contributed by atoms with van der Waals surface area (Å²) < 4.78 is 21.9. The summed E-state index contributed by atoms with van der Waals surface area (Å²) >= 11 is 0. The molecule has 1 aromatic carbocycles. The lowest BCUT2D eigenvalue weighted by atomic mass is 10.1. The maximum Gasteiger partial charge on any atom is 0.261 e. The minimum absolute atomic E-state index is 0.179. The van der Waals surface area contributed by atoms with E-state index in [1.807, 2.05) is 12.1 Å². The summed E-state index contributed by atoms with van der Waals surface area (Å²) in [4.78, 5) is 0.179. The Morgan fingerprint density at radius 1 is 1.21 bits per heavy atom. The van der Waals surface area contributed by atoms with Gasteiger partial charge in [0.15, 0.2) is 0 Å². The first kappa shape index (κ1) is 9.99. The highest BCUT2D eigenvalue weighted by molar-refractivity contribution is 8.13. The third-order valence-electron chi connectivity index (χ3n) is 2.43. The van der Waals surface area contributed by atoms with Crippen molar-refractivity contribution in [2.75, 3.05) is 0 Å². The summed E-state index contributed by atoms with van der Waals surface area (Å²) in [5.74, 6) is 0.813. The van der Waals surface area contributed by atoms with Crippen molar-refractivity contribution in [2.45, 2.75) is 24.2 Å². The van der Waals surface area contributed by atoms with E-state index in [1.54, 1.807) is 12.1 Å². The summed E-state index contributed by atoms with van der Waals surface area (Å²) in [5, 5.41) is 0. The lowest BCUT2D eigenvalue weighted by molar-refractivity contribution is 0.609. The van der Waals surface area contributed by atoms with E-state index in [9.17, 15) is 8.42 Å². The fourth-order valence-corrected chi connectivity index (χ4v) is 2.21. The van der Waals surface area contributed by atoms with E-state index < -0.39 is 9.05 Å². The third kappa shape index (κ3) is 2.49. The molecule has 2 rings (SSSR count). The molecule has 0 spiro atoms. The van der Waals surface area contributed by atoms with Crippen molar-refractivity contribution in [2.24, 2.45) is 5.92 Å². The van der Waals surface area contributed by atoms with E-state index in [2.05, 4.69) is 0 Å². The SMILES string of the molecule is O=S(=O)(Cl)c1ccc(CC2CC2)cc1. The Labute approximate surface area is 88.3 Å². The lowest BCUT2D eigenvalue weighted by Crippen LogP contribution is -1.92. The molecule has 0 amide bonds. The van der Waals surface area contributed by atoms with Crippen molar-refractivity contribution in [1.82, 2.24) is 0 Å². The Bertz CT molecular complexity index is 418. The molecule has 1 saturated carbocycles. The van der Waals surface area contributed by atoms with Crippen LogP contribution in [0.15, 0.2) is 29.2 Å². The zero-order valence-electron chi connectivity index (χ0n) is 7.61. The first-order valence-corrected chi connectivity index (χ1v) is 6.90. The van der Waals surface area contributed by atoms with Crippen molar-refractivity contribution in [3.8, 4) is 0 Å². The van der Waals surface area contributed by atoms with Crippen LogP contribution in [0.4, 0.5) is 0 Å². The van der Waals surface area contributed by atoms with Gasteiger partial charge in [-0.1, -0.05) is 12.1 Å². The monoisotopic (exact) mass is 230 g/mol. The third-order valence-corrected chi connectivity index (χ3v) is 3.80. The molecule has 0 aromatic heterocycles. The van der Waals surface area contributed by atoms with E-state index in [4.69, 9.17) is 10.7 Å². The number of benzene rings is 1. The number of hydrogen-bond donors (Lipinski definition) is 0. The van der Waals surface area contributed by atoms with Crippen LogP contribution in [0.25, 0.3) is 0 Å². The quantitative estimate of drug-likeness (QED) is 0.748.